The van der Waals surface area contributed by atoms with Gasteiger partial charge in [-0.2, -0.15) is 0 Å². The Morgan fingerprint density at radius 2 is 1.93 bits per heavy atom. The molecule has 0 saturated heterocycles. The minimum atomic E-state index is -3.08. The van der Waals surface area contributed by atoms with Crippen molar-refractivity contribution in [1.82, 2.24) is 4.72 Å². The van der Waals surface area contributed by atoms with Gasteiger partial charge in [0.15, 0.2) is 0 Å². The number of hydrogen-bond donors (Lipinski definition) is 1. The Balaban J connectivity index is 3.47. The zero-order chi connectivity index (χ0) is 11.6. The second-order valence-corrected chi connectivity index (χ2v) is 6.03. The summed E-state index contributed by atoms with van der Waals surface area (Å²) < 4.78 is 30.1. The molecule has 0 atom stereocenters. The van der Waals surface area contributed by atoms with Crippen molar-refractivity contribution in [1.29, 1.82) is 0 Å². The summed E-state index contributed by atoms with van der Waals surface area (Å²) in [5.74, 6) is 0.152. The molecule has 0 amide bonds. The van der Waals surface area contributed by atoms with Crippen LogP contribution in [0.1, 0.15) is 25.7 Å². The average molecular weight is 302 g/mol. The van der Waals surface area contributed by atoms with Crippen LogP contribution in [0.15, 0.2) is 0 Å². The number of unbranched alkanes of at least 4 members (excludes halogenated alkanes) is 2. The predicted molar refractivity (Wildman–Crippen MR) is 65.9 cm³/mol. The predicted octanol–water partition coefficient (Wildman–Crippen LogP) is 1.51. The molecule has 0 aliphatic heterocycles. The van der Waals surface area contributed by atoms with Crippen molar-refractivity contribution in [3.63, 3.8) is 0 Å². The van der Waals surface area contributed by atoms with Gasteiger partial charge in [-0.3, -0.25) is 0 Å². The summed E-state index contributed by atoms with van der Waals surface area (Å²) in [4.78, 5) is 0. The lowest BCUT2D eigenvalue weighted by Gasteiger charge is -2.05. The fourth-order valence-corrected chi connectivity index (χ4v) is 2.58. The lowest BCUT2D eigenvalue weighted by Crippen LogP contribution is -2.27. The molecule has 0 aromatic heterocycles. The molecule has 4 nitrogen and oxygen atoms in total. The van der Waals surface area contributed by atoms with Crippen LogP contribution in [0.4, 0.5) is 0 Å². The van der Waals surface area contributed by atoms with E-state index in [1.54, 1.807) is 7.11 Å². The van der Waals surface area contributed by atoms with Gasteiger partial charge in [-0.05, 0) is 19.3 Å². The quantitative estimate of drug-likeness (QED) is 0.491. The molecular formula is C9H20BrNO3S. The van der Waals surface area contributed by atoms with Gasteiger partial charge < -0.3 is 4.74 Å². The van der Waals surface area contributed by atoms with Gasteiger partial charge in [-0.1, -0.05) is 22.4 Å². The Bertz CT molecular complexity index is 232. The van der Waals surface area contributed by atoms with E-state index < -0.39 is 10.0 Å². The van der Waals surface area contributed by atoms with Crippen molar-refractivity contribution < 1.29 is 13.2 Å². The van der Waals surface area contributed by atoms with Crippen molar-refractivity contribution in [3.8, 4) is 0 Å². The largest absolute Gasteiger partial charge is 0.385 e. The topological polar surface area (TPSA) is 55.4 Å². The van der Waals surface area contributed by atoms with E-state index in [1.165, 1.54) is 0 Å². The fraction of sp³-hybridized carbons (Fsp3) is 1.00. The molecule has 0 heterocycles. The number of nitrogens with one attached hydrogen (secondary N) is 1. The van der Waals surface area contributed by atoms with Crippen LogP contribution >= 0.6 is 15.9 Å². The van der Waals surface area contributed by atoms with Gasteiger partial charge in [0, 0.05) is 25.6 Å². The van der Waals surface area contributed by atoms with E-state index in [1.807, 2.05) is 0 Å². The van der Waals surface area contributed by atoms with Crippen LogP contribution < -0.4 is 4.72 Å². The molecule has 0 aromatic rings. The number of methoxy groups -OCH3 is 1. The molecule has 0 fully saturated rings. The van der Waals surface area contributed by atoms with E-state index in [2.05, 4.69) is 20.7 Å². The molecule has 0 bridgehead atoms. The highest BCUT2D eigenvalue weighted by molar-refractivity contribution is 9.09. The standard InChI is InChI=1S/C9H20BrNO3S/c1-14-8-5-9-15(12,13)11-7-4-2-3-6-10/h11H,2-9H2,1H3. The van der Waals surface area contributed by atoms with Crippen LogP contribution in [0.2, 0.25) is 0 Å². The summed E-state index contributed by atoms with van der Waals surface area (Å²) in [5, 5.41) is 0.980. The fourth-order valence-electron chi connectivity index (χ4n) is 1.09. The molecule has 0 aliphatic rings. The van der Waals surface area contributed by atoms with Crippen molar-refractivity contribution >= 4 is 26.0 Å². The first-order chi connectivity index (χ1) is 7.12. The third kappa shape index (κ3) is 10.6. The van der Waals surface area contributed by atoms with Gasteiger partial charge in [0.2, 0.25) is 10.0 Å². The molecule has 15 heavy (non-hydrogen) atoms. The van der Waals surface area contributed by atoms with Crippen molar-refractivity contribution in [2.45, 2.75) is 25.7 Å². The van der Waals surface area contributed by atoms with Crippen molar-refractivity contribution in [3.05, 3.63) is 0 Å². The molecule has 0 radical (unpaired) electrons. The third-order valence-corrected chi connectivity index (χ3v) is 3.92. The van der Waals surface area contributed by atoms with Crippen LogP contribution in [-0.4, -0.2) is 39.8 Å². The summed E-state index contributed by atoms with van der Waals surface area (Å²) in [6.07, 6.45) is 3.58. The van der Waals surface area contributed by atoms with Crippen LogP contribution in [0, 0.1) is 0 Å². The van der Waals surface area contributed by atoms with Gasteiger partial charge in [0.25, 0.3) is 0 Å². The molecule has 0 spiro atoms. The SMILES string of the molecule is COCCCS(=O)(=O)NCCCCCBr. The monoisotopic (exact) mass is 301 g/mol. The van der Waals surface area contributed by atoms with Crippen LogP contribution in [-0.2, 0) is 14.8 Å². The van der Waals surface area contributed by atoms with Gasteiger partial charge in [-0.15, -0.1) is 0 Å². The van der Waals surface area contributed by atoms with E-state index in [-0.39, 0.29) is 5.75 Å². The highest BCUT2D eigenvalue weighted by Crippen LogP contribution is 1.98. The molecule has 1 N–H and O–H groups in total. The van der Waals surface area contributed by atoms with Crippen LogP contribution in [0.5, 0.6) is 0 Å². The Morgan fingerprint density at radius 1 is 1.20 bits per heavy atom. The highest BCUT2D eigenvalue weighted by Gasteiger charge is 2.08. The smallest absolute Gasteiger partial charge is 0.211 e. The first-order valence-corrected chi connectivity index (χ1v) is 7.92. The maximum Gasteiger partial charge on any atom is 0.211 e. The molecular weight excluding hydrogens is 282 g/mol. The molecule has 0 unspecified atom stereocenters. The van der Waals surface area contributed by atoms with Gasteiger partial charge in [-0.25, -0.2) is 13.1 Å². The summed E-state index contributed by atoms with van der Waals surface area (Å²) in [5.41, 5.74) is 0. The normalized spacial score (nSPS) is 11.9. The molecule has 0 rings (SSSR count). The molecule has 0 aliphatic carbocycles. The number of ether oxygens (including phenoxy) is 1. The third-order valence-electron chi connectivity index (χ3n) is 1.89. The van der Waals surface area contributed by atoms with Gasteiger partial charge in [0.1, 0.15) is 0 Å². The first kappa shape index (κ1) is 15.3. The minimum Gasteiger partial charge on any atom is -0.385 e. The van der Waals surface area contributed by atoms with E-state index in [4.69, 9.17) is 4.74 Å². The van der Waals surface area contributed by atoms with Gasteiger partial charge in [0.05, 0.1) is 5.75 Å². The summed E-state index contributed by atoms with van der Waals surface area (Å²) >= 11 is 3.33. The Labute approximate surface area is 101 Å². The Morgan fingerprint density at radius 3 is 2.53 bits per heavy atom. The minimum absolute atomic E-state index is 0.152. The summed E-state index contributed by atoms with van der Waals surface area (Å²) in [6, 6.07) is 0. The van der Waals surface area contributed by atoms with Crippen LogP contribution in [0.25, 0.3) is 0 Å². The Hall–Kier alpha value is 0.350. The second-order valence-electron chi connectivity index (χ2n) is 3.31. The van der Waals surface area contributed by atoms with Crippen LogP contribution in [0.3, 0.4) is 0 Å². The zero-order valence-corrected chi connectivity index (χ0v) is 11.6. The number of rotatable bonds is 10. The van der Waals surface area contributed by atoms with Gasteiger partial charge >= 0.3 is 0 Å². The summed E-state index contributed by atoms with van der Waals surface area (Å²) in [6.45, 7) is 1.03. The summed E-state index contributed by atoms with van der Waals surface area (Å²) in [7, 11) is -1.51. The van der Waals surface area contributed by atoms with E-state index in [9.17, 15) is 8.42 Å². The van der Waals surface area contributed by atoms with E-state index in [0.29, 0.717) is 19.6 Å². The molecule has 6 heteroatoms. The lowest BCUT2D eigenvalue weighted by atomic mass is 10.3. The van der Waals surface area contributed by atoms with E-state index in [0.717, 1.165) is 24.6 Å². The molecule has 92 valence electrons. The zero-order valence-electron chi connectivity index (χ0n) is 9.17. The number of sulfonamides is 1. The Kier molecular flexibility index (Phi) is 9.79. The average Bonchev–Trinajstić information content (AvgIpc) is 2.17. The maximum atomic E-state index is 11.4. The van der Waals surface area contributed by atoms with E-state index >= 15 is 0 Å². The molecule has 0 aromatic carbocycles. The van der Waals surface area contributed by atoms with Crippen molar-refractivity contribution in [2.24, 2.45) is 0 Å². The first-order valence-electron chi connectivity index (χ1n) is 5.14. The van der Waals surface area contributed by atoms with Crippen molar-refractivity contribution in [2.75, 3.05) is 31.3 Å². The second kappa shape index (κ2) is 9.57. The lowest BCUT2D eigenvalue weighted by molar-refractivity contribution is 0.199. The molecule has 0 saturated carbocycles. The highest BCUT2D eigenvalue weighted by atomic mass is 79.9. The maximum absolute atomic E-state index is 11.4. The number of alkyl halides is 1. The number of halogens is 1. The number of hydrogen-bond acceptors (Lipinski definition) is 3.